The van der Waals surface area contributed by atoms with Crippen molar-refractivity contribution in [1.29, 1.82) is 0 Å². The molecule has 3 aliphatic rings. The lowest BCUT2D eigenvalue weighted by Crippen LogP contribution is -2.45. The molecule has 2 bridgehead atoms. The number of nitrogens with zero attached hydrogens (tertiary/aromatic N) is 2. The van der Waals surface area contributed by atoms with Crippen LogP contribution in [0.1, 0.15) is 22.3 Å². The van der Waals surface area contributed by atoms with Crippen LogP contribution in [0.25, 0.3) is 11.1 Å². The van der Waals surface area contributed by atoms with E-state index in [0.29, 0.717) is 44.9 Å². The van der Waals surface area contributed by atoms with Crippen LogP contribution < -0.4 is 14.4 Å². The lowest BCUT2D eigenvalue weighted by atomic mass is 9.59. The molecule has 4 atom stereocenters. The van der Waals surface area contributed by atoms with E-state index in [1.165, 1.54) is 12.1 Å². The van der Waals surface area contributed by atoms with Crippen LogP contribution >= 0.6 is 11.6 Å². The predicted octanol–water partition coefficient (Wildman–Crippen LogP) is 7.45. The quantitative estimate of drug-likeness (QED) is 0.0940. The van der Waals surface area contributed by atoms with Gasteiger partial charge in [-0.15, -0.1) is 0 Å². The highest BCUT2D eigenvalue weighted by Gasteiger charge is 2.82. The van der Waals surface area contributed by atoms with Gasteiger partial charge in [-0.2, -0.15) is 0 Å². The molecular formula is C41H29ClN2O7. The molecule has 2 aliphatic carbocycles. The minimum Gasteiger partial charge on any atom is -0.497 e. The van der Waals surface area contributed by atoms with Crippen molar-refractivity contribution in [2.24, 2.45) is 11.8 Å². The van der Waals surface area contributed by atoms with Gasteiger partial charge in [-0.05, 0) is 69.8 Å². The van der Waals surface area contributed by atoms with Crippen LogP contribution in [0.2, 0.25) is 5.02 Å². The van der Waals surface area contributed by atoms with Crippen LogP contribution in [0.3, 0.4) is 0 Å². The fourth-order valence-corrected chi connectivity index (χ4v) is 8.86. The molecule has 1 saturated heterocycles. The molecule has 0 radical (unpaired) electrons. The number of amides is 2. The molecule has 1 saturated carbocycles. The van der Waals surface area contributed by atoms with Crippen molar-refractivity contribution in [2.75, 3.05) is 19.1 Å². The summed E-state index contributed by atoms with van der Waals surface area (Å²) in [4.78, 5) is 58.6. The summed E-state index contributed by atoms with van der Waals surface area (Å²) in [5.41, 5.74) is -0.0699. The third kappa shape index (κ3) is 4.24. The number of hydrogen-bond acceptors (Lipinski definition) is 7. The largest absolute Gasteiger partial charge is 0.497 e. The molecule has 5 aromatic rings. The smallest absolute Gasteiger partial charge is 0.289 e. The highest BCUT2D eigenvalue weighted by atomic mass is 35.5. The van der Waals surface area contributed by atoms with E-state index in [4.69, 9.17) is 21.1 Å². The lowest BCUT2D eigenvalue weighted by molar-refractivity contribution is -0.384. The first-order valence-electron chi connectivity index (χ1n) is 16.2. The maximum atomic E-state index is 16.0. The fourth-order valence-electron chi connectivity index (χ4n) is 8.67. The maximum Gasteiger partial charge on any atom is 0.289 e. The molecule has 0 N–H and O–H groups in total. The first kappa shape index (κ1) is 32.2. The number of anilines is 1. The summed E-state index contributed by atoms with van der Waals surface area (Å²) in [6.45, 7) is 0. The zero-order chi connectivity index (χ0) is 35.7. The number of nitro benzene ring substituents is 1. The Morgan fingerprint density at radius 3 is 1.47 bits per heavy atom. The Bertz CT molecular complexity index is 2160. The molecule has 2 fully saturated rings. The number of ether oxygens (including phenoxy) is 2. The van der Waals surface area contributed by atoms with Gasteiger partial charge in [0.25, 0.3) is 5.69 Å². The number of imide groups is 1. The Balaban J connectivity index is 1.52. The van der Waals surface area contributed by atoms with Gasteiger partial charge in [-0.3, -0.25) is 24.5 Å². The predicted molar refractivity (Wildman–Crippen MR) is 192 cm³/mol. The van der Waals surface area contributed by atoms with E-state index < -0.39 is 45.1 Å². The monoisotopic (exact) mass is 696 g/mol. The molecule has 51 heavy (non-hydrogen) atoms. The third-order valence-corrected chi connectivity index (χ3v) is 10.9. The van der Waals surface area contributed by atoms with E-state index in [9.17, 15) is 10.1 Å². The highest BCUT2D eigenvalue weighted by molar-refractivity contribution is 6.39. The molecule has 1 aliphatic heterocycles. The van der Waals surface area contributed by atoms with Gasteiger partial charge in [0.15, 0.2) is 5.78 Å². The van der Waals surface area contributed by atoms with Crippen LogP contribution in [0.15, 0.2) is 127 Å². The maximum absolute atomic E-state index is 16.0. The van der Waals surface area contributed by atoms with Gasteiger partial charge in [0, 0.05) is 6.07 Å². The summed E-state index contributed by atoms with van der Waals surface area (Å²) in [7, 11) is 3.13. The number of halogens is 1. The van der Waals surface area contributed by atoms with Gasteiger partial charge in [0.2, 0.25) is 11.8 Å². The normalized spacial score (nSPS) is 23.5. The van der Waals surface area contributed by atoms with Gasteiger partial charge >= 0.3 is 0 Å². The zero-order valence-electron chi connectivity index (χ0n) is 27.4. The van der Waals surface area contributed by atoms with E-state index in [1.54, 1.807) is 38.5 Å². The lowest BCUT2D eigenvalue weighted by Gasteiger charge is -2.39. The van der Waals surface area contributed by atoms with Gasteiger partial charge < -0.3 is 9.47 Å². The molecule has 1 heterocycles. The number of carbonyl (C=O) groups excluding carboxylic acids is 3. The topological polar surface area (TPSA) is 116 Å². The summed E-state index contributed by atoms with van der Waals surface area (Å²) in [6, 6.07) is 36.7. The van der Waals surface area contributed by atoms with Gasteiger partial charge in [-0.25, -0.2) is 4.90 Å². The number of nitro groups is 1. The number of rotatable bonds is 8. The molecule has 0 unspecified atom stereocenters. The second-order valence-corrected chi connectivity index (χ2v) is 13.2. The van der Waals surface area contributed by atoms with Crippen LogP contribution in [0.5, 0.6) is 11.5 Å². The number of fused-ring (bicyclic) bond motifs is 5. The van der Waals surface area contributed by atoms with Crippen LogP contribution in [-0.2, 0) is 25.2 Å². The van der Waals surface area contributed by atoms with Gasteiger partial charge in [0.05, 0.1) is 47.5 Å². The van der Waals surface area contributed by atoms with Crippen LogP contribution in [-0.4, -0.2) is 36.7 Å². The number of carbonyl (C=O) groups is 3. The Kier molecular flexibility index (Phi) is 7.43. The van der Waals surface area contributed by atoms with Crippen molar-refractivity contribution in [1.82, 2.24) is 0 Å². The average Bonchev–Trinajstić information content (AvgIpc) is 3.68. The van der Waals surface area contributed by atoms with Crippen LogP contribution in [0.4, 0.5) is 11.4 Å². The van der Waals surface area contributed by atoms with Crippen molar-refractivity contribution in [3.63, 3.8) is 0 Å². The van der Waals surface area contributed by atoms with E-state index >= 15 is 14.4 Å². The van der Waals surface area contributed by atoms with E-state index in [-0.39, 0.29) is 16.5 Å². The first-order chi connectivity index (χ1) is 24.7. The average molecular weight is 697 g/mol. The Labute approximate surface area is 297 Å². The second-order valence-electron chi connectivity index (χ2n) is 12.7. The number of Topliss-reactive ketones (excluding diaryl/α,β-unsaturated/α-hetero) is 1. The molecule has 0 aromatic heterocycles. The van der Waals surface area contributed by atoms with Gasteiger partial charge in [-0.1, -0.05) is 96.5 Å². The first-order valence-corrected chi connectivity index (χ1v) is 16.6. The van der Waals surface area contributed by atoms with Crippen molar-refractivity contribution >= 4 is 51.7 Å². The SMILES string of the molecule is COc1ccc(C2=C(c3ccc(OC)cc3)[C@@]3(c4ccccc4)C(=O)[C@@]2(c2ccccc2)[C@H]2C(=O)N(c4ccc(Cl)c([N+](=O)[O-])c4)C(=O)[C@@H]23)cc1. The standard InChI is InChI=1S/C41H29ClN2O7/c1-50-29-18-13-24(14-19-29)33-34(25-15-20-30(51-2)21-16-25)41(27-11-7-4-8-12-27)36-35(40(33,39(41)47)26-9-5-3-6-10-26)37(45)43(38(36)46)28-17-22-31(42)32(23-28)44(48)49/h3-23,35-36H,1-2H3/t35-,36-,40-,41-/m1/s1. The second kappa shape index (κ2) is 11.8. The fraction of sp³-hybridized carbons (Fsp3) is 0.146. The molecule has 8 rings (SSSR count). The van der Waals surface area contributed by atoms with Gasteiger partial charge in [0.1, 0.15) is 16.5 Å². The Morgan fingerprint density at radius 2 is 1.08 bits per heavy atom. The van der Waals surface area contributed by atoms with E-state index in [0.717, 1.165) is 11.0 Å². The van der Waals surface area contributed by atoms with Crippen molar-refractivity contribution in [3.05, 3.63) is 165 Å². The third-order valence-electron chi connectivity index (χ3n) is 10.6. The molecule has 5 aromatic carbocycles. The summed E-state index contributed by atoms with van der Waals surface area (Å²) in [5, 5.41) is 11.8. The molecule has 0 spiro atoms. The van der Waals surface area contributed by atoms with Crippen molar-refractivity contribution < 1.29 is 28.8 Å². The number of methoxy groups -OCH3 is 2. The number of hydrogen-bond donors (Lipinski definition) is 0. The molecule has 2 amide bonds. The molecule has 9 nitrogen and oxygen atoms in total. The van der Waals surface area contributed by atoms with Crippen LogP contribution in [0, 0.1) is 22.0 Å². The summed E-state index contributed by atoms with van der Waals surface area (Å²) < 4.78 is 11.0. The highest BCUT2D eigenvalue weighted by Crippen LogP contribution is 2.74. The summed E-state index contributed by atoms with van der Waals surface area (Å²) in [6.07, 6.45) is 0. The molecular weight excluding hydrogens is 668 g/mol. The van der Waals surface area contributed by atoms with E-state index in [2.05, 4.69) is 0 Å². The molecule has 10 heteroatoms. The Morgan fingerprint density at radius 1 is 0.647 bits per heavy atom. The van der Waals surface area contributed by atoms with E-state index in [1.807, 2.05) is 84.9 Å². The number of ketones is 1. The van der Waals surface area contributed by atoms with Crippen molar-refractivity contribution in [3.8, 4) is 11.5 Å². The number of benzene rings is 5. The number of allylic oxidation sites excluding steroid dienone is 2. The Hall–Kier alpha value is -6.06. The van der Waals surface area contributed by atoms with Crippen molar-refractivity contribution in [2.45, 2.75) is 10.8 Å². The molecule has 252 valence electrons. The zero-order valence-corrected chi connectivity index (χ0v) is 28.2. The minimum absolute atomic E-state index is 0.00534. The minimum atomic E-state index is -1.65. The summed E-state index contributed by atoms with van der Waals surface area (Å²) in [5.74, 6) is -2.74. The summed E-state index contributed by atoms with van der Waals surface area (Å²) >= 11 is 6.16.